The van der Waals surface area contributed by atoms with E-state index in [1.807, 2.05) is 12.1 Å². The number of hydrogen-bond donors (Lipinski definition) is 0. The van der Waals surface area contributed by atoms with Crippen molar-refractivity contribution in [2.24, 2.45) is 0 Å². The maximum Gasteiger partial charge on any atom is 0.0451 e. The Morgan fingerprint density at radius 1 is 1.18 bits per heavy atom. The highest BCUT2D eigenvalue weighted by molar-refractivity contribution is 6.31. The summed E-state index contributed by atoms with van der Waals surface area (Å²) in [4.78, 5) is 2.49. The number of rotatable bonds is 5. The summed E-state index contributed by atoms with van der Waals surface area (Å²) in [6.45, 7) is 1.88. The summed E-state index contributed by atoms with van der Waals surface area (Å²) in [5.74, 6) is 0.695. The molecule has 0 aliphatic heterocycles. The first kappa shape index (κ1) is 13.2. The second-order valence-electron chi connectivity index (χ2n) is 4.69. The molecule has 0 unspecified atom stereocenters. The van der Waals surface area contributed by atoms with E-state index in [9.17, 15) is 0 Å². The van der Waals surface area contributed by atoms with Crippen molar-refractivity contribution in [3.63, 3.8) is 0 Å². The fourth-order valence-corrected chi connectivity index (χ4v) is 3.03. The molecular weight excluding hydrogens is 253 g/mol. The number of nitrogens with zero attached hydrogens (tertiary/aromatic N) is 1. The largest absolute Gasteiger partial charge is 0.295 e. The molecule has 0 bridgehead atoms. The molecule has 0 saturated heterocycles. The molecular formula is C14H19Cl2N. The van der Waals surface area contributed by atoms with Gasteiger partial charge < -0.3 is 0 Å². The SMILES string of the molecule is ClCCN(Cc1ccccc1Cl)C1CCCC1. The third-order valence-electron chi connectivity index (χ3n) is 3.54. The molecule has 1 saturated carbocycles. The average Bonchev–Trinajstić information content (AvgIpc) is 2.85. The van der Waals surface area contributed by atoms with E-state index in [0.29, 0.717) is 11.9 Å². The predicted octanol–water partition coefficient (Wildman–Crippen LogP) is 4.32. The minimum Gasteiger partial charge on any atom is -0.295 e. The van der Waals surface area contributed by atoms with Gasteiger partial charge in [-0.1, -0.05) is 42.6 Å². The summed E-state index contributed by atoms with van der Waals surface area (Å²) >= 11 is 12.1. The van der Waals surface area contributed by atoms with Crippen LogP contribution in [-0.4, -0.2) is 23.4 Å². The van der Waals surface area contributed by atoms with Crippen LogP contribution in [0.5, 0.6) is 0 Å². The first-order valence-corrected chi connectivity index (χ1v) is 7.26. The van der Waals surface area contributed by atoms with Crippen LogP contribution in [0.3, 0.4) is 0 Å². The monoisotopic (exact) mass is 271 g/mol. The van der Waals surface area contributed by atoms with Crippen LogP contribution in [0.4, 0.5) is 0 Å². The van der Waals surface area contributed by atoms with Crippen LogP contribution < -0.4 is 0 Å². The predicted molar refractivity (Wildman–Crippen MR) is 74.8 cm³/mol. The molecule has 1 aliphatic carbocycles. The number of alkyl halides is 1. The van der Waals surface area contributed by atoms with Gasteiger partial charge in [0.05, 0.1) is 0 Å². The van der Waals surface area contributed by atoms with Gasteiger partial charge in [-0.2, -0.15) is 0 Å². The molecule has 3 heteroatoms. The molecule has 0 atom stereocenters. The Kier molecular flexibility index (Phi) is 5.15. The van der Waals surface area contributed by atoms with Gasteiger partial charge in [-0.05, 0) is 24.5 Å². The lowest BCUT2D eigenvalue weighted by Crippen LogP contribution is -2.34. The van der Waals surface area contributed by atoms with Gasteiger partial charge in [0, 0.05) is 30.0 Å². The van der Waals surface area contributed by atoms with Crippen molar-refractivity contribution >= 4 is 23.2 Å². The summed E-state index contributed by atoms with van der Waals surface area (Å²) < 4.78 is 0. The molecule has 1 nitrogen and oxygen atoms in total. The van der Waals surface area contributed by atoms with Gasteiger partial charge in [0.1, 0.15) is 0 Å². The third kappa shape index (κ3) is 3.61. The highest BCUT2D eigenvalue weighted by atomic mass is 35.5. The van der Waals surface area contributed by atoms with Crippen molar-refractivity contribution in [1.29, 1.82) is 0 Å². The van der Waals surface area contributed by atoms with Crippen molar-refractivity contribution in [2.75, 3.05) is 12.4 Å². The van der Waals surface area contributed by atoms with Crippen LogP contribution in [0.25, 0.3) is 0 Å². The molecule has 0 amide bonds. The van der Waals surface area contributed by atoms with Crippen LogP contribution in [0.2, 0.25) is 5.02 Å². The quantitative estimate of drug-likeness (QED) is 0.721. The minimum absolute atomic E-state index is 0.695. The molecule has 1 aliphatic rings. The number of hydrogen-bond acceptors (Lipinski definition) is 1. The van der Waals surface area contributed by atoms with E-state index in [-0.39, 0.29) is 0 Å². The lowest BCUT2D eigenvalue weighted by molar-refractivity contribution is 0.201. The van der Waals surface area contributed by atoms with Crippen LogP contribution in [-0.2, 0) is 6.54 Å². The summed E-state index contributed by atoms with van der Waals surface area (Å²) in [5.41, 5.74) is 1.21. The topological polar surface area (TPSA) is 3.24 Å². The molecule has 94 valence electrons. The van der Waals surface area contributed by atoms with Crippen molar-refractivity contribution in [3.05, 3.63) is 34.9 Å². The van der Waals surface area contributed by atoms with E-state index < -0.39 is 0 Å². The van der Waals surface area contributed by atoms with Crippen LogP contribution >= 0.6 is 23.2 Å². The van der Waals surface area contributed by atoms with E-state index >= 15 is 0 Å². The van der Waals surface area contributed by atoms with Crippen molar-refractivity contribution in [1.82, 2.24) is 4.90 Å². The van der Waals surface area contributed by atoms with Crippen molar-refractivity contribution in [2.45, 2.75) is 38.3 Å². The Morgan fingerprint density at radius 3 is 2.53 bits per heavy atom. The summed E-state index contributed by atoms with van der Waals surface area (Å²) in [6.07, 6.45) is 5.32. The summed E-state index contributed by atoms with van der Waals surface area (Å²) in [7, 11) is 0. The Labute approximate surface area is 114 Å². The third-order valence-corrected chi connectivity index (χ3v) is 4.08. The van der Waals surface area contributed by atoms with Crippen LogP contribution in [0, 0.1) is 0 Å². The second kappa shape index (κ2) is 6.63. The standard InChI is InChI=1S/C14H19Cl2N/c15-9-10-17(13-6-2-3-7-13)11-12-5-1-4-8-14(12)16/h1,4-5,8,13H,2-3,6-7,9-11H2. The fourth-order valence-electron chi connectivity index (χ4n) is 2.61. The van der Waals surface area contributed by atoms with E-state index in [2.05, 4.69) is 17.0 Å². The maximum atomic E-state index is 6.22. The van der Waals surface area contributed by atoms with E-state index in [1.165, 1.54) is 31.2 Å². The van der Waals surface area contributed by atoms with Gasteiger partial charge >= 0.3 is 0 Å². The molecule has 0 spiro atoms. The average molecular weight is 272 g/mol. The molecule has 1 fully saturated rings. The molecule has 0 heterocycles. The van der Waals surface area contributed by atoms with Crippen molar-refractivity contribution < 1.29 is 0 Å². The molecule has 1 aromatic carbocycles. The first-order valence-electron chi connectivity index (χ1n) is 6.34. The van der Waals surface area contributed by atoms with Gasteiger partial charge in [0.2, 0.25) is 0 Å². The van der Waals surface area contributed by atoms with Crippen LogP contribution in [0.15, 0.2) is 24.3 Å². The van der Waals surface area contributed by atoms with Gasteiger partial charge in [-0.15, -0.1) is 11.6 Å². The van der Waals surface area contributed by atoms with Gasteiger partial charge in [0.25, 0.3) is 0 Å². The normalized spacial score (nSPS) is 16.9. The van der Waals surface area contributed by atoms with Crippen LogP contribution in [0.1, 0.15) is 31.2 Å². The minimum atomic E-state index is 0.695. The Hall–Kier alpha value is -0.240. The Morgan fingerprint density at radius 2 is 1.88 bits per heavy atom. The second-order valence-corrected chi connectivity index (χ2v) is 5.47. The lowest BCUT2D eigenvalue weighted by Gasteiger charge is -2.28. The van der Waals surface area contributed by atoms with E-state index in [4.69, 9.17) is 23.2 Å². The zero-order valence-corrected chi connectivity index (χ0v) is 11.6. The zero-order valence-electron chi connectivity index (χ0n) is 10.0. The molecule has 0 N–H and O–H groups in total. The number of halogens is 2. The van der Waals surface area contributed by atoms with Gasteiger partial charge in [0.15, 0.2) is 0 Å². The Bertz CT molecular complexity index is 348. The summed E-state index contributed by atoms with van der Waals surface area (Å²) in [6, 6.07) is 8.80. The summed E-state index contributed by atoms with van der Waals surface area (Å²) in [5, 5.41) is 0.866. The lowest BCUT2D eigenvalue weighted by atomic mass is 10.1. The first-order chi connectivity index (χ1) is 8.31. The zero-order chi connectivity index (χ0) is 12.1. The maximum absolute atomic E-state index is 6.22. The van der Waals surface area contributed by atoms with E-state index in [0.717, 1.165) is 18.1 Å². The number of benzene rings is 1. The molecule has 0 aromatic heterocycles. The fraction of sp³-hybridized carbons (Fsp3) is 0.571. The highest BCUT2D eigenvalue weighted by Gasteiger charge is 2.22. The smallest absolute Gasteiger partial charge is 0.0451 e. The molecule has 2 rings (SSSR count). The molecule has 0 radical (unpaired) electrons. The van der Waals surface area contributed by atoms with E-state index in [1.54, 1.807) is 0 Å². The van der Waals surface area contributed by atoms with Crippen molar-refractivity contribution in [3.8, 4) is 0 Å². The van der Waals surface area contributed by atoms with Gasteiger partial charge in [-0.3, -0.25) is 4.90 Å². The highest BCUT2D eigenvalue weighted by Crippen LogP contribution is 2.26. The molecule has 17 heavy (non-hydrogen) atoms. The molecule has 1 aromatic rings. The van der Waals surface area contributed by atoms with Gasteiger partial charge in [-0.25, -0.2) is 0 Å². The Balaban J connectivity index is 2.04.